The van der Waals surface area contributed by atoms with E-state index in [1.165, 1.54) is 19.3 Å². The average molecular weight is 423 g/mol. The highest BCUT2D eigenvalue weighted by molar-refractivity contribution is 5.71. The summed E-state index contributed by atoms with van der Waals surface area (Å²) in [6, 6.07) is 0. The van der Waals surface area contributed by atoms with Crippen LogP contribution in [0.5, 0.6) is 0 Å². The molecule has 0 aliphatic heterocycles. The largest absolute Gasteiger partial charge is 0.481 e. The number of ether oxygens (including phenoxy) is 1. The van der Waals surface area contributed by atoms with Crippen LogP contribution in [-0.4, -0.2) is 23.7 Å². The molecule has 0 aromatic carbocycles. The van der Waals surface area contributed by atoms with E-state index < -0.39 is 5.97 Å². The van der Waals surface area contributed by atoms with Crippen LogP contribution in [0, 0.1) is 17.8 Å². The Kier molecular flexibility index (Phi) is 15.5. The second-order valence-corrected chi connectivity index (χ2v) is 9.07. The molecule has 30 heavy (non-hydrogen) atoms. The number of hydrogen-bond acceptors (Lipinski definition) is 3. The first kappa shape index (κ1) is 26.7. The first-order valence-corrected chi connectivity index (χ1v) is 12.6. The van der Waals surface area contributed by atoms with Crippen molar-refractivity contribution in [2.45, 2.75) is 117 Å². The van der Waals surface area contributed by atoms with E-state index in [1.54, 1.807) is 0 Å². The average Bonchev–Trinajstić information content (AvgIpc) is 2.74. The molecule has 0 radical (unpaired) electrons. The minimum absolute atomic E-state index is 0.0533. The standard InChI is InChI=1S/C26H46O4/c1-3-5-7-12-16-23-19-18-22(21-24(23)26(28)29)15-11-9-8-10-13-17-25(27)30-20-14-6-4-2/h18-19,22-24H,3-17,20-21H2,1-2H3,(H,28,29)/t22-,23+,24+/m0/s1. The number of allylic oxidation sites excluding steroid dienone is 2. The van der Waals surface area contributed by atoms with Gasteiger partial charge < -0.3 is 9.84 Å². The Balaban J connectivity index is 2.12. The summed E-state index contributed by atoms with van der Waals surface area (Å²) in [6.45, 7) is 4.91. The van der Waals surface area contributed by atoms with E-state index in [2.05, 4.69) is 26.0 Å². The number of aliphatic carboxylic acids is 1. The van der Waals surface area contributed by atoms with Gasteiger partial charge in [0.15, 0.2) is 0 Å². The number of carbonyl (C=O) groups excluding carboxylic acids is 1. The summed E-state index contributed by atoms with van der Waals surface area (Å²) in [4.78, 5) is 23.4. The molecular formula is C26H46O4. The third-order valence-electron chi connectivity index (χ3n) is 6.38. The van der Waals surface area contributed by atoms with Crippen LogP contribution in [-0.2, 0) is 14.3 Å². The number of carboxylic acids is 1. The van der Waals surface area contributed by atoms with Gasteiger partial charge in [-0.15, -0.1) is 0 Å². The first-order chi connectivity index (χ1) is 14.6. The monoisotopic (exact) mass is 422 g/mol. The van der Waals surface area contributed by atoms with Crippen molar-refractivity contribution in [2.24, 2.45) is 17.8 Å². The van der Waals surface area contributed by atoms with Gasteiger partial charge >= 0.3 is 11.9 Å². The Labute approximate surface area is 184 Å². The maximum Gasteiger partial charge on any atom is 0.307 e. The highest BCUT2D eigenvalue weighted by Gasteiger charge is 2.31. The smallest absolute Gasteiger partial charge is 0.307 e. The molecule has 3 atom stereocenters. The summed E-state index contributed by atoms with van der Waals surface area (Å²) < 4.78 is 5.23. The lowest BCUT2D eigenvalue weighted by Crippen LogP contribution is -2.28. The number of unbranched alkanes of at least 4 members (excludes halogenated alkanes) is 9. The molecule has 0 heterocycles. The van der Waals surface area contributed by atoms with Crippen molar-refractivity contribution < 1.29 is 19.4 Å². The molecular weight excluding hydrogens is 376 g/mol. The fourth-order valence-corrected chi connectivity index (χ4v) is 4.43. The predicted octanol–water partition coefficient (Wildman–Crippen LogP) is 7.31. The lowest BCUT2D eigenvalue weighted by molar-refractivity contribution is -0.145. The molecule has 4 nitrogen and oxygen atoms in total. The lowest BCUT2D eigenvalue weighted by atomic mass is 9.75. The van der Waals surface area contributed by atoms with E-state index in [9.17, 15) is 14.7 Å². The van der Waals surface area contributed by atoms with Gasteiger partial charge in [-0.05, 0) is 43.9 Å². The quantitative estimate of drug-likeness (QED) is 0.143. The molecule has 0 saturated carbocycles. The highest BCUT2D eigenvalue weighted by Crippen LogP contribution is 2.34. The summed E-state index contributed by atoms with van der Waals surface area (Å²) in [7, 11) is 0. The third-order valence-corrected chi connectivity index (χ3v) is 6.38. The molecule has 0 amide bonds. The Hall–Kier alpha value is -1.32. The van der Waals surface area contributed by atoms with E-state index >= 15 is 0 Å². The fraction of sp³-hybridized carbons (Fsp3) is 0.846. The predicted molar refractivity (Wildman–Crippen MR) is 123 cm³/mol. The van der Waals surface area contributed by atoms with Gasteiger partial charge in [0, 0.05) is 6.42 Å². The number of carbonyl (C=O) groups is 2. The molecule has 0 fully saturated rings. The van der Waals surface area contributed by atoms with Crippen LogP contribution in [0.4, 0.5) is 0 Å². The molecule has 174 valence electrons. The Morgan fingerprint density at radius 3 is 2.20 bits per heavy atom. The third kappa shape index (κ3) is 12.4. The Morgan fingerprint density at radius 2 is 1.47 bits per heavy atom. The number of carboxylic acid groups (broad SMARTS) is 1. The van der Waals surface area contributed by atoms with Crippen molar-refractivity contribution in [3.05, 3.63) is 12.2 Å². The summed E-state index contributed by atoms with van der Waals surface area (Å²) in [6.07, 6.45) is 21.4. The number of rotatable bonds is 18. The molecule has 1 aliphatic rings. The number of esters is 1. The van der Waals surface area contributed by atoms with Crippen LogP contribution < -0.4 is 0 Å². The van der Waals surface area contributed by atoms with Gasteiger partial charge in [0.25, 0.3) is 0 Å². The van der Waals surface area contributed by atoms with Crippen LogP contribution in [0.1, 0.15) is 117 Å². The minimum atomic E-state index is -0.619. The summed E-state index contributed by atoms with van der Waals surface area (Å²) in [5.41, 5.74) is 0. The zero-order valence-corrected chi connectivity index (χ0v) is 19.6. The number of hydrogen-bond donors (Lipinski definition) is 1. The van der Waals surface area contributed by atoms with Gasteiger partial charge in [-0.1, -0.05) is 90.2 Å². The van der Waals surface area contributed by atoms with E-state index in [0.29, 0.717) is 18.9 Å². The van der Waals surface area contributed by atoms with Crippen LogP contribution in [0.2, 0.25) is 0 Å². The Bertz CT molecular complexity index is 485. The first-order valence-electron chi connectivity index (χ1n) is 12.6. The van der Waals surface area contributed by atoms with Crippen molar-refractivity contribution in [1.82, 2.24) is 0 Å². The van der Waals surface area contributed by atoms with Gasteiger partial charge in [-0.3, -0.25) is 9.59 Å². The zero-order chi connectivity index (χ0) is 22.0. The molecule has 0 aromatic heterocycles. The fourth-order valence-electron chi connectivity index (χ4n) is 4.43. The van der Waals surface area contributed by atoms with E-state index in [0.717, 1.165) is 77.0 Å². The van der Waals surface area contributed by atoms with E-state index in [-0.39, 0.29) is 17.8 Å². The maximum absolute atomic E-state index is 11.7. The van der Waals surface area contributed by atoms with Gasteiger partial charge in [-0.25, -0.2) is 0 Å². The molecule has 0 bridgehead atoms. The molecule has 1 N–H and O–H groups in total. The second kappa shape index (κ2) is 17.4. The molecule has 0 unspecified atom stereocenters. The van der Waals surface area contributed by atoms with Crippen molar-refractivity contribution in [3.8, 4) is 0 Å². The summed E-state index contributed by atoms with van der Waals surface area (Å²) in [5, 5.41) is 9.65. The van der Waals surface area contributed by atoms with Crippen molar-refractivity contribution in [2.75, 3.05) is 6.61 Å². The summed E-state index contributed by atoms with van der Waals surface area (Å²) in [5.74, 6) is -0.243. The lowest BCUT2D eigenvalue weighted by Gasteiger charge is -2.29. The molecule has 0 spiro atoms. The van der Waals surface area contributed by atoms with Gasteiger partial charge in [0.05, 0.1) is 12.5 Å². The molecule has 1 aliphatic carbocycles. The van der Waals surface area contributed by atoms with E-state index in [1.807, 2.05) is 0 Å². The van der Waals surface area contributed by atoms with Crippen LogP contribution in [0.3, 0.4) is 0 Å². The van der Waals surface area contributed by atoms with Crippen molar-refractivity contribution in [3.63, 3.8) is 0 Å². The SMILES string of the molecule is CCCCCC[C@@H]1C=C[C@H](CCCCCCCC(=O)OCCCCC)C[C@H]1C(=O)O. The normalized spacial score (nSPS) is 20.9. The van der Waals surface area contributed by atoms with Gasteiger partial charge in [0.2, 0.25) is 0 Å². The van der Waals surface area contributed by atoms with Crippen molar-refractivity contribution in [1.29, 1.82) is 0 Å². The van der Waals surface area contributed by atoms with Crippen LogP contribution in [0.25, 0.3) is 0 Å². The molecule has 0 saturated heterocycles. The topological polar surface area (TPSA) is 63.6 Å². The molecule has 1 rings (SSSR count). The summed E-state index contributed by atoms with van der Waals surface area (Å²) >= 11 is 0. The maximum atomic E-state index is 11.7. The van der Waals surface area contributed by atoms with Crippen LogP contribution >= 0.6 is 0 Å². The zero-order valence-electron chi connectivity index (χ0n) is 19.6. The van der Waals surface area contributed by atoms with E-state index in [4.69, 9.17) is 4.74 Å². The molecule has 0 aromatic rings. The van der Waals surface area contributed by atoms with Crippen molar-refractivity contribution >= 4 is 11.9 Å². The Morgan fingerprint density at radius 1 is 0.833 bits per heavy atom. The van der Waals surface area contributed by atoms with Gasteiger partial charge in [-0.2, -0.15) is 0 Å². The molecule has 4 heteroatoms. The van der Waals surface area contributed by atoms with Crippen LogP contribution in [0.15, 0.2) is 12.2 Å². The highest BCUT2D eigenvalue weighted by atomic mass is 16.5. The second-order valence-electron chi connectivity index (χ2n) is 9.07. The van der Waals surface area contributed by atoms with Gasteiger partial charge in [0.1, 0.15) is 0 Å². The minimum Gasteiger partial charge on any atom is -0.481 e.